The number of pyridine rings is 1. The van der Waals surface area contributed by atoms with Crippen molar-refractivity contribution in [3.05, 3.63) is 28.2 Å². The molecular weight excluding hydrogens is 188 g/mol. The maximum absolute atomic E-state index is 11.7. The number of nitrogens with two attached hydrogens (primary N) is 1. The van der Waals surface area contributed by atoms with E-state index in [4.69, 9.17) is 5.73 Å². The summed E-state index contributed by atoms with van der Waals surface area (Å²) >= 11 is 0. The zero-order valence-electron chi connectivity index (χ0n) is 9.36. The third-order valence-corrected chi connectivity index (χ3v) is 3.40. The molecule has 0 radical (unpaired) electrons. The minimum atomic E-state index is 0.0726. The standard InChI is InChI=1S/C12H18N2O/c1-3-9-5-10(9)6-14-7-11(13)8(2)4-12(14)15/h4,7,9-10H,3,5-6,13H2,1-2H3/t9-,10+/m1/s1. The van der Waals surface area contributed by atoms with E-state index >= 15 is 0 Å². The number of aryl methyl sites for hydroxylation is 1. The van der Waals surface area contributed by atoms with E-state index in [0.29, 0.717) is 11.6 Å². The highest BCUT2D eigenvalue weighted by Gasteiger charge is 2.35. The molecule has 15 heavy (non-hydrogen) atoms. The van der Waals surface area contributed by atoms with Crippen LogP contribution in [-0.4, -0.2) is 4.57 Å². The van der Waals surface area contributed by atoms with E-state index in [1.54, 1.807) is 16.8 Å². The molecule has 0 spiro atoms. The van der Waals surface area contributed by atoms with Crippen LogP contribution in [-0.2, 0) is 6.54 Å². The molecule has 0 saturated heterocycles. The van der Waals surface area contributed by atoms with Gasteiger partial charge in [-0.3, -0.25) is 4.79 Å². The van der Waals surface area contributed by atoms with Crippen molar-refractivity contribution in [2.45, 2.75) is 33.2 Å². The van der Waals surface area contributed by atoms with Crippen molar-refractivity contribution in [3.63, 3.8) is 0 Å². The van der Waals surface area contributed by atoms with Gasteiger partial charge in [0.1, 0.15) is 0 Å². The van der Waals surface area contributed by atoms with Crippen LogP contribution in [0.2, 0.25) is 0 Å². The maximum Gasteiger partial charge on any atom is 0.250 e. The van der Waals surface area contributed by atoms with Crippen molar-refractivity contribution < 1.29 is 0 Å². The summed E-state index contributed by atoms with van der Waals surface area (Å²) in [5.41, 5.74) is 7.45. The Morgan fingerprint density at radius 1 is 1.53 bits per heavy atom. The Morgan fingerprint density at radius 3 is 2.87 bits per heavy atom. The number of aromatic nitrogens is 1. The van der Waals surface area contributed by atoms with Gasteiger partial charge in [0.2, 0.25) is 0 Å². The average Bonchev–Trinajstić information content (AvgIpc) is 2.93. The second kappa shape index (κ2) is 3.72. The predicted octanol–water partition coefficient (Wildman–Crippen LogP) is 1.79. The van der Waals surface area contributed by atoms with Crippen LogP contribution in [0.1, 0.15) is 25.3 Å². The van der Waals surface area contributed by atoms with Crippen molar-refractivity contribution in [3.8, 4) is 0 Å². The van der Waals surface area contributed by atoms with Gasteiger partial charge in [-0.05, 0) is 30.7 Å². The highest BCUT2D eigenvalue weighted by Crippen LogP contribution is 2.41. The molecule has 1 aromatic heterocycles. The fourth-order valence-corrected chi connectivity index (χ4v) is 2.11. The van der Waals surface area contributed by atoms with E-state index in [-0.39, 0.29) is 5.56 Å². The number of nitrogens with zero attached hydrogens (tertiary/aromatic N) is 1. The van der Waals surface area contributed by atoms with E-state index < -0.39 is 0 Å². The Balaban J connectivity index is 2.15. The molecule has 3 nitrogen and oxygen atoms in total. The molecule has 0 aromatic carbocycles. The van der Waals surface area contributed by atoms with Gasteiger partial charge in [0.05, 0.1) is 5.69 Å². The van der Waals surface area contributed by atoms with Crippen LogP contribution in [0, 0.1) is 18.8 Å². The third kappa shape index (κ3) is 2.06. The number of rotatable bonds is 3. The molecule has 0 bridgehead atoms. The van der Waals surface area contributed by atoms with Gasteiger partial charge in [-0.15, -0.1) is 0 Å². The van der Waals surface area contributed by atoms with Crippen LogP contribution in [0.3, 0.4) is 0 Å². The average molecular weight is 206 g/mol. The first-order valence-electron chi connectivity index (χ1n) is 5.58. The Kier molecular flexibility index (Phi) is 2.55. The van der Waals surface area contributed by atoms with Gasteiger partial charge in [-0.25, -0.2) is 0 Å². The van der Waals surface area contributed by atoms with E-state index in [9.17, 15) is 4.79 Å². The first-order valence-corrected chi connectivity index (χ1v) is 5.58. The van der Waals surface area contributed by atoms with E-state index in [1.807, 2.05) is 6.92 Å². The molecule has 0 aliphatic heterocycles. The SMILES string of the molecule is CC[C@@H]1C[C@H]1Cn1cc(N)c(C)cc1=O. The van der Waals surface area contributed by atoms with Gasteiger partial charge in [0.15, 0.2) is 0 Å². The molecule has 1 saturated carbocycles. The van der Waals surface area contributed by atoms with Gasteiger partial charge in [-0.2, -0.15) is 0 Å². The van der Waals surface area contributed by atoms with Gasteiger partial charge in [0, 0.05) is 18.8 Å². The highest BCUT2D eigenvalue weighted by molar-refractivity contribution is 5.42. The van der Waals surface area contributed by atoms with Crippen molar-refractivity contribution in [1.29, 1.82) is 0 Å². The van der Waals surface area contributed by atoms with Crippen molar-refractivity contribution >= 4 is 5.69 Å². The molecule has 0 amide bonds. The zero-order valence-corrected chi connectivity index (χ0v) is 9.36. The van der Waals surface area contributed by atoms with Crippen LogP contribution >= 0.6 is 0 Å². The number of nitrogen functional groups attached to an aromatic ring is 1. The molecule has 1 heterocycles. The fraction of sp³-hybridized carbons (Fsp3) is 0.583. The summed E-state index contributed by atoms with van der Waals surface area (Å²) in [5, 5.41) is 0. The first kappa shape index (κ1) is 10.3. The predicted molar refractivity (Wildman–Crippen MR) is 61.7 cm³/mol. The van der Waals surface area contributed by atoms with Gasteiger partial charge >= 0.3 is 0 Å². The summed E-state index contributed by atoms with van der Waals surface area (Å²) in [5.74, 6) is 1.51. The summed E-state index contributed by atoms with van der Waals surface area (Å²) in [7, 11) is 0. The van der Waals surface area contributed by atoms with E-state index in [1.165, 1.54) is 12.8 Å². The number of hydrogen-bond donors (Lipinski definition) is 1. The number of anilines is 1. The third-order valence-electron chi connectivity index (χ3n) is 3.40. The molecule has 2 atom stereocenters. The highest BCUT2D eigenvalue weighted by atomic mass is 16.1. The minimum Gasteiger partial charge on any atom is -0.397 e. The topological polar surface area (TPSA) is 48.0 Å². The first-order chi connectivity index (χ1) is 7.11. The lowest BCUT2D eigenvalue weighted by molar-refractivity contribution is 0.557. The summed E-state index contributed by atoms with van der Waals surface area (Å²) in [6.45, 7) is 4.91. The van der Waals surface area contributed by atoms with Crippen LogP contribution in [0.25, 0.3) is 0 Å². The monoisotopic (exact) mass is 206 g/mol. The second-order valence-corrected chi connectivity index (χ2v) is 4.57. The molecule has 82 valence electrons. The zero-order chi connectivity index (χ0) is 11.0. The Hall–Kier alpha value is -1.25. The Labute approximate surface area is 89.9 Å². The van der Waals surface area contributed by atoms with Gasteiger partial charge in [0.25, 0.3) is 5.56 Å². The number of hydrogen-bond acceptors (Lipinski definition) is 2. The molecule has 3 heteroatoms. The van der Waals surface area contributed by atoms with Crippen molar-refractivity contribution in [2.24, 2.45) is 11.8 Å². The quantitative estimate of drug-likeness (QED) is 0.819. The largest absolute Gasteiger partial charge is 0.397 e. The summed E-state index contributed by atoms with van der Waals surface area (Å²) in [6, 6.07) is 1.62. The molecule has 0 unspecified atom stereocenters. The molecular formula is C12H18N2O. The van der Waals surface area contributed by atoms with Crippen LogP contribution in [0.4, 0.5) is 5.69 Å². The summed E-state index contributed by atoms with van der Waals surface area (Å²) in [6.07, 6.45) is 4.26. The normalized spacial score (nSPS) is 24.1. The smallest absolute Gasteiger partial charge is 0.250 e. The Bertz CT molecular complexity index is 422. The van der Waals surface area contributed by atoms with Crippen LogP contribution in [0.15, 0.2) is 17.1 Å². The second-order valence-electron chi connectivity index (χ2n) is 4.57. The molecule has 2 N–H and O–H groups in total. The summed E-state index contributed by atoms with van der Waals surface area (Å²) < 4.78 is 1.75. The minimum absolute atomic E-state index is 0.0726. The van der Waals surface area contributed by atoms with Gasteiger partial charge < -0.3 is 10.3 Å². The molecule has 2 rings (SSSR count). The van der Waals surface area contributed by atoms with Gasteiger partial charge in [-0.1, -0.05) is 13.3 Å². The lowest BCUT2D eigenvalue weighted by Gasteiger charge is -2.07. The van der Waals surface area contributed by atoms with E-state index in [2.05, 4.69) is 6.92 Å². The van der Waals surface area contributed by atoms with Crippen molar-refractivity contribution in [1.82, 2.24) is 4.57 Å². The lowest BCUT2D eigenvalue weighted by Crippen LogP contribution is -2.21. The molecule has 1 aliphatic rings. The Morgan fingerprint density at radius 2 is 2.27 bits per heavy atom. The fourth-order valence-electron chi connectivity index (χ4n) is 2.11. The molecule has 1 aromatic rings. The van der Waals surface area contributed by atoms with Crippen LogP contribution < -0.4 is 11.3 Å². The lowest BCUT2D eigenvalue weighted by atomic mass is 10.2. The summed E-state index contributed by atoms with van der Waals surface area (Å²) in [4.78, 5) is 11.7. The molecule has 1 fully saturated rings. The van der Waals surface area contributed by atoms with E-state index in [0.717, 1.165) is 18.0 Å². The van der Waals surface area contributed by atoms with Crippen molar-refractivity contribution in [2.75, 3.05) is 5.73 Å². The maximum atomic E-state index is 11.7. The molecule has 1 aliphatic carbocycles. The van der Waals surface area contributed by atoms with Crippen LogP contribution in [0.5, 0.6) is 0 Å².